The molecule has 1 atom stereocenters. The molecule has 0 spiro atoms. The molecule has 1 aromatic heterocycles. The maximum absolute atomic E-state index is 13.1. The van der Waals surface area contributed by atoms with Crippen LogP contribution in [0.1, 0.15) is 69.3 Å². The van der Waals surface area contributed by atoms with Crippen molar-refractivity contribution in [1.82, 2.24) is 10.3 Å². The molecule has 6 nitrogen and oxygen atoms in total. The van der Waals surface area contributed by atoms with Gasteiger partial charge in [0.15, 0.2) is 0 Å². The van der Waals surface area contributed by atoms with Gasteiger partial charge in [0.05, 0.1) is 5.56 Å². The van der Waals surface area contributed by atoms with Crippen molar-refractivity contribution in [2.75, 3.05) is 23.3 Å². The van der Waals surface area contributed by atoms with E-state index in [4.69, 9.17) is 0 Å². The Bertz CT molecular complexity index is 915. The number of pyridine rings is 1. The molecule has 3 rings (SSSR count). The lowest BCUT2D eigenvalue weighted by Crippen LogP contribution is -2.27. The lowest BCUT2D eigenvalue weighted by atomic mass is 9.84. The second-order valence-electron chi connectivity index (χ2n) is 10.1. The van der Waals surface area contributed by atoms with E-state index >= 15 is 0 Å². The summed E-state index contributed by atoms with van der Waals surface area (Å²) in [5.41, 5.74) is 3.31. The van der Waals surface area contributed by atoms with Gasteiger partial charge in [0.2, 0.25) is 5.91 Å². The minimum atomic E-state index is -0.145. The lowest BCUT2D eigenvalue weighted by Gasteiger charge is -2.23. The number of nitrogens with zero attached hydrogens (tertiary/aromatic N) is 2. The summed E-state index contributed by atoms with van der Waals surface area (Å²) in [6, 6.07) is 9.45. The molecule has 1 unspecified atom stereocenters. The highest BCUT2D eigenvalue weighted by Gasteiger charge is 2.21. The van der Waals surface area contributed by atoms with Crippen molar-refractivity contribution in [2.45, 2.75) is 59.9 Å². The third-order valence-electron chi connectivity index (χ3n) is 5.64. The highest BCUT2D eigenvalue weighted by Crippen LogP contribution is 2.29. The van der Waals surface area contributed by atoms with Crippen molar-refractivity contribution in [3.8, 4) is 0 Å². The molecule has 2 aromatic rings. The van der Waals surface area contributed by atoms with Crippen molar-refractivity contribution in [1.29, 1.82) is 0 Å². The van der Waals surface area contributed by atoms with Gasteiger partial charge in [0.25, 0.3) is 5.91 Å². The molecule has 1 aliphatic heterocycles. The van der Waals surface area contributed by atoms with Crippen molar-refractivity contribution in [3.63, 3.8) is 0 Å². The van der Waals surface area contributed by atoms with Crippen LogP contribution in [0.25, 0.3) is 0 Å². The van der Waals surface area contributed by atoms with Crippen molar-refractivity contribution >= 4 is 23.2 Å². The van der Waals surface area contributed by atoms with Gasteiger partial charge >= 0.3 is 0 Å². The van der Waals surface area contributed by atoms with Crippen molar-refractivity contribution in [2.24, 2.45) is 11.3 Å². The van der Waals surface area contributed by atoms with Crippen LogP contribution in [0.15, 0.2) is 42.7 Å². The first-order chi connectivity index (χ1) is 15.2. The van der Waals surface area contributed by atoms with Crippen LogP contribution in [-0.4, -0.2) is 29.9 Å². The second-order valence-corrected chi connectivity index (χ2v) is 10.1. The zero-order chi connectivity index (χ0) is 23.1. The third kappa shape index (κ3) is 7.08. The number of anilines is 2. The first-order valence-corrected chi connectivity index (χ1v) is 11.6. The lowest BCUT2D eigenvalue weighted by molar-refractivity contribution is -0.117. The molecule has 6 heteroatoms. The number of carbonyl (C=O) groups excluding carboxylic acids is 2. The Morgan fingerprint density at radius 2 is 1.91 bits per heavy atom. The van der Waals surface area contributed by atoms with Crippen LogP contribution < -0.4 is 15.5 Å². The summed E-state index contributed by atoms with van der Waals surface area (Å²) in [6.07, 6.45) is 7.16. The topological polar surface area (TPSA) is 74.3 Å². The predicted molar refractivity (Wildman–Crippen MR) is 130 cm³/mol. The average Bonchev–Trinajstić information content (AvgIpc) is 3.26. The fourth-order valence-corrected chi connectivity index (χ4v) is 4.46. The zero-order valence-electron chi connectivity index (χ0n) is 19.8. The number of rotatable bonds is 8. The van der Waals surface area contributed by atoms with Gasteiger partial charge in [0.1, 0.15) is 0 Å². The quantitative estimate of drug-likeness (QED) is 0.610. The average molecular weight is 437 g/mol. The summed E-state index contributed by atoms with van der Waals surface area (Å²) < 4.78 is 0. The normalized spacial score (nSPS) is 14.8. The predicted octanol–water partition coefficient (Wildman–Crippen LogP) is 5.01. The van der Waals surface area contributed by atoms with Crippen LogP contribution >= 0.6 is 0 Å². The molecule has 1 saturated heterocycles. The van der Waals surface area contributed by atoms with Gasteiger partial charge in [-0.25, -0.2) is 0 Å². The molecular weight excluding hydrogens is 400 g/mol. The Kier molecular flexibility index (Phi) is 7.89. The minimum Gasteiger partial charge on any atom is -0.371 e. The summed E-state index contributed by atoms with van der Waals surface area (Å²) in [5, 5.41) is 6.00. The Labute approximate surface area is 191 Å². The van der Waals surface area contributed by atoms with Gasteiger partial charge in [-0.3, -0.25) is 14.6 Å². The minimum absolute atomic E-state index is 0.0163. The summed E-state index contributed by atoms with van der Waals surface area (Å²) >= 11 is 0. The van der Waals surface area contributed by atoms with Gasteiger partial charge < -0.3 is 15.5 Å². The Morgan fingerprint density at radius 3 is 2.56 bits per heavy atom. The number of hydrogen-bond donors (Lipinski definition) is 2. The van der Waals surface area contributed by atoms with E-state index in [2.05, 4.69) is 48.2 Å². The molecule has 0 radical (unpaired) electrons. The molecule has 0 aliphatic carbocycles. The van der Waals surface area contributed by atoms with Crippen molar-refractivity contribution < 1.29 is 9.59 Å². The number of carbonyl (C=O) groups is 2. The summed E-state index contributed by atoms with van der Waals surface area (Å²) in [5.74, 6) is 0.131. The van der Waals surface area contributed by atoms with E-state index in [1.807, 2.05) is 24.3 Å². The second kappa shape index (κ2) is 10.6. The Hall–Kier alpha value is -2.89. The van der Waals surface area contributed by atoms with Crippen LogP contribution in [0, 0.1) is 11.3 Å². The fourth-order valence-electron chi connectivity index (χ4n) is 4.46. The fraction of sp³-hybridized carbons (Fsp3) is 0.500. The molecule has 0 bridgehead atoms. The van der Waals surface area contributed by atoms with Gasteiger partial charge in [-0.15, -0.1) is 0 Å². The third-order valence-corrected chi connectivity index (χ3v) is 5.64. The van der Waals surface area contributed by atoms with Crippen LogP contribution in [0.5, 0.6) is 0 Å². The Balaban J connectivity index is 1.72. The number of amides is 2. The number of aromatic nitrogens is 1. The molecular formula is C26H36N4O2. The molecule has 2 amide bonds. The first kappa shape index (κ1) is 23.8. The van der Waals surface area contributed by atoms with Gasteiger partial charge in [-0.1, -0.05) is 33.8 Å². The standard InChI is InChI=1S/C26H36N4O2/c1-19(16-26(2,3)4)14-24(31)29-21-9-10-23(30-12-5-6-13-30)22(15-21)25(32)28-18-20-8-7-11-27-17-20/h7-11,15,17,19H,5-6,12-14,16,18H2,1-4H3,(H,28,32)(H,29,31). The number of nitrogens with one attached hydrogen (secondary N) is 2. The van der Waals surface area contributed by atoms with E-state index in [1.54, 1.807) is 18.5 Å². The van der Waals surface area contributed by atoms with Crippen LogP contribution in [0.4, 0.5) is 11.4 Å². The summed E-state index contributed by atoms with van der Waals surface area (Å²) in [7, 11) is 0. The smallest absolute Gasteiger partial charge is 0.253 e. The maximum atomic E-state index is 13.1. The largest absolute Gasteiger partial charge is 0.371 e. The van der Waals surface area contributed by atoms with Crippen molar-refractivity contribution in [3.05, 3.63) is 53.9 Å². The maximum Gasteiger partial charge on any atom is 0.253 e. The molecule has 2 heterocycles. The molecule has 1 aliphatic rings. The van der Waals surface area contributed by atoms with E-state index in [1.165, 1.54) is 0 Å². The highest BCUT2D eigenvalue weighted by atomic mass is 16.2. The SMILES string of the molecule is CC(CC(=O)Nc1ccc(N2CCCC2)c(C(=O)NCc2cccnc2)c1)CC(C)(C)C. The molecule has 0 saturated carbocycles. The monoisotopic (exact) mass is 436 g/mol. The van der Waals surface area contributed by atoms with E-state index in [0.29, 0.717) is 30.1 Å². The number of hydrogen-bond acceptors (Lipinski definition) is 4. The molecule has 32 heavy (non-hydrogen) atoms. The van der Waals surface area contributed by atoms with Crippen LogP contribution in [0.2, 0.25) is 0 Å². The summed E-state index contributed by atoms with van der Waals surface area (Å²) in [4.78, 5) is 32.1. The van der Waals surface area contributed by atoms with Crippen LogP contribution in [-0.2, 0) is 11.3 Å². The molecule has 1 aromatic carbocycles. The van der Waals surface area contributed by atoms with Crippen LogP contribution in [0.3, 0.4) is 0 Å². The van der Waals surface area contributed by atoms with E-state index in [9.17, 15) is 9.59 Å². The van der Waals surface area contributed by atoms with E-state index in [0.717, 1.165) is 43.6 Å². The van der Waals surface area contributed by atoms with Gasteiger partial charge in [0, 0.05) is 49.8 Å². The highest BCUT2D eigenvalue weighted by molar-refractivity contribution is 6.02. The van der Waals surface area contributed by atoms with Gasteiger partial charge in [-0.2, -0.15) is 0 Å². The van der Waals surface area contributed by atoms with Gasteiger partial charge in [-0.05, 0) is 60.4 Å². The zero-order valence-corrected chi connectivity index (χ0v) is 19.8. The summed E-state index contributed by atoms with van der Waals surface area (Å²) in [6.45, 7) is 11.0. The van der Waals surface area contributed by atoms with E-state index in [-0.39, 0.29) is 17.2 Å². The molecule has 2 N–H and O–H groups in total. The number of benzene rings is 1. The molecule has 172 valence electrons. The Morgan fingerprint density at radius 1 is 1.16 bits per heavy atom. The molecule has 1 fully saturated rings. The van der Waals surface area contributed by atoms with E-state index < -0.39 is 0 Å². The first-order valence-electron chi connectivity index (χ1n) is 11.6.